The zero-order valence-electron chi connectivity index (χ0n) is 12.0. The molecule has 1 saturated heterocycles. The molecular weight excluding hydrogens is 332 g/mol. The lowest BCUT2D eigenvalue weighted by molar-refractivity contribution is -0.302. The van der Waals surface area contributed by atoms with Gasteiger partial charge in [-0.2, -0.15) is 5.06 Å². The molecule has 12 nitrogen and oxygen atoms in total. The molecule has 5 N–H and O–H groups in total. The Morgan fingerprint density at radius 3 is 2.29 bits per heavy atom. The minimum absolute atomic E-state index is 0.0316. The maximum atomic E-state index is 11.7. The van der Waals surface area contributed by atoms with Crippen molar-refractivity contribution in [2.75, 3.05) is 0 Å². The standard InChI is InChI=1S/C12H14N2O10/c15-5-1-2-6(16)13(5)23-11(21)9(19)10(20)12(22)24-14-7(17)3-4-8(14)18/h1-2,7,10,12,15-17,20,22H,3-4H2. The van der Waals surface area contributed by atoms with Gasteiger partial charge in [0.1, 0.15) is 0 Å². The van der Waals surface area contributed by atoms with Crippen LogP contribution in [0.3, 0.4) is 0 Å². The number of hydrogen-bond donors (Lipinski definition) is 5. The molecule has 0 radical (unpaired) electrons. The van der Waals surface area contributed by atoms with Crippen molar-refractivity contribution in [1.29, 1.82) is 0 Å². The third-order valence-electron chi connectivity index (χ3n) is 3.07. The van der Waals surface area contributed by atoms with Crippen molar-refractivity contribution in [3.63, 3.8) is 0 Å². The van der Waals surface area contributed by atoms with Crippen molar-refractivity contribution in [2.45, 2.75) is 31.5 Å². The van der Waals surface area contributed by atoms with Crippen LogP contribution in [0.2, 0.25) is 0 Å². The minimum atomic E-state index is -2.45. The molecule has 12 heteroatoms. The second kappa shape index (κ2) is 6.84. The lowest BCUT2D eigenvalue weighted by Crippen LogP contribution is -2.47. The number of hydrogen-bond acceptors (Lipinski definition) is 10. The number of aliphatic hydroxyl groups excluding tert-OH is 3. The summed E-state index contributed by atoms with van der Waals surface area (Å²) >= 11 is 0. The number of ketones is 1. The Balaban J connectivity index is 1.97. The van der Waals surface area contributed by atoms with Crippen LogP contribution in [0.25, 0.3) is 0 Å². The molecule has 1 aromatic rings. The maximum Gasteiger partial charge on any atom is 0.402 e. The number of aliphatic hydroxyl groups is 3. The molecule has 0 aliphatic carbocycles. The van der Waals surface area contributed by atoms with Crippen molar-refractivity contribution in [3.05, 3.63) is 12.1 Å². The number of Topliss-reactive ketones (excluding diaryl/α,β-unsaturated/α-hetero) is 1. The Labute approximate surface area is 133 Å². The molecule has 3 atom stereocenters. The van der Waals surface area contributed by atoms with Crippen LogP contribution in [-0.4, -0.2) is 71.6 Å². The van der Waals surface area contributed by atoms with Crippen LogP contribution in [0.4, 0.5) is 0 Å². The van der Waals surface area contributed by atoms with Gasteiger partial charge in [-0.05, 0) is 0 Å². The average Bonchev–Trinajstić information content (AvgIpc) is 3.03. The summed E-state index contributed by atoms with van der Waals surface area (Å²) in [4.78, 5) is 43.5. The summed E-state index contributed by atoms with van der Waals surface area (Å²) in [6.45, 7) is 0. The molecule has 1 amide bonds. The Kier molecular flexibility index (Phi) is 5.04. The highest BCUT2D eigenvalue weighted by Crippen LogP contribution is 2.20. The van der Waals surface area contributed by atoms with Gasteiger partial charge in [-0.1, -0.05) is 0 Å². The summed E-state index contributed by atoms with van der Waals surface area (Å²) < 4.78 is 0.202. The molecule has 3 unspecified atom stereocenters. The first-order valence-electron chi connectivity index (χ1n) is 6.61. The van der Waals surface area contributed by atoms with E-state index < -0.39 is 48.0 Å². The average molecular weight is 346 g/mol. The number of hydroxylamine groups is 2. The molecule has 1 aliphatic rings. The van der Waals surface area contributed by atoms with E-state index in [1.165, 1.54) is 0 Å². The lowest BCUT2D eigenvalue weighted by Gasteiger charge is -2.24. The molecule has 2 rings (SSSR count). The minimum Gasteiger partial charge on any atom is -0.492 e. The monoisotopic (exact) mass is 346 g/mol. The summed E-state index contributed by atoms with van der Waals surface area (Å²) in [5, 5.41) is 47.5. The molecular formula is C12H14N2O10. The first-order chi connectivity index (χ1) is 11.2. The van der Waals surface area contributed by atoms with Gasteiger partial charge in [-0.3, -0.25) is 9.59 Å². The van der Waals surface area contributed by atoms with E-state index >= 15 is 0 Å². The van der Waals surface area contributed by atoms with Gasteiger partial charge in [0.2, 0.25) is 24.0 Å². The fourth-order valence-corrected chi connectivity index (χ4v) is 1.82. The molecule has 132 valence electrons. The highest BCUT2D eigenvalue weighted by atomic mass is 16.8. The van der Waals surface area contributed by atoms with E-state index in [0.717, 1.165) is 12.1 Å². The number of nitrogens with zero attached hydrogens (tertiary/aromatic N) is 2. The Morgan fingerprint density at radius 2 is 1.79 bits per heavy atom. The van der Waals surface area contributed by atoms with Crippen molar-refractivity contribution in [3.8, 4) is 11.8 Å². The normalized spacial score (nSPS) is 20.0. The Hall–Kier alpha value is -2.67. The van der Waals surface area contributed by atoms with E-state index in [2.05, 4.69) is 9.68 Å². The zero-order valence-corrected chi connectivity index (χ0v) is 12.0. The van der Waals surface area contributed by atoms with E-state index in [1.54, 1.807) is 0 Å². The van der Waals surface area contributed by atoms with Gasteiger partial charge in [0.15, 0.2) is 12.3 Å². The van der Waals surface area contributed by atoms with Gasteiger partial charge in [0.05, 0.1) is 0 Å². The number of rotatable bonds is 6. The second-order valence-corrected chi connectivity index (χ2v) is 4.77. The Bertz CT molecular complexity index is 637. The van der Waals surface area contributed by atoms with Gasteiger partial charge in [0, 0.05) is 25.0 Å². The van der Waals surface area contributed by atoms with E-state index in [0.29, 0.717) is 5.06 Å². The van der Waals surface area contributed by atoms with Crippen molar-refractivity contribution in [1.82, 2.24) is 9.79 Å². The Morgan fingerprint density at radius 1 is 1.21 bits per heavy atom. The highest BCUT2D eigenvalue weighted by molar-refractivity contribution is 6.35. The summed E-state index contributed by atoms with van der Waals surface area (Å²) in [6, 6.07) is 1.92. The number of amides is 1. The van der Waals surface area contributed by atoms with Crippen molar-refractivity contribution in [2.24, 2.45) is 0 Å². The second-order valence-electron chi connectivity index (χ2n) is 4.77. The third-order valence-corrected chi connectivity index (χ3v) is 3.07. The van der Waals surface area contributed by atoms with Crippen molar-refractivity contribution < 1.29 is 49.6 Å². The van der Waals surface area contributed by atoms with Gasteiger partial charge in [0.25, 0.3) is 5.78 Å². The first-order valence-corrected chi connectivity index (χ1v) is 6.61. The molecule has 1 fully saturated rings. The van der Waals surface area contributed by atoms with Gasteiger partial charge in [-0.15, -0.1) is 4.73 Å². The van der Waals surface area contributed by atoms with Gasteiger partial charge in [-0.25, -0.2) is 9.63 Å². The van der Waals surface area contributed by atoms with Crippen LogP contribution in [-0.2, 0) is 19.2 Å². The number of carbonyl (C=O) groups is 3. The number of aromatic hydroxyl groups is 2. The summed E-state index contributed by atoms with van der Waals surface area (Å²) in [5.74, 6) is -5.52. The van der Waals surface area contributed by atoms with Crippen LogP contribution < -0.4 is 4.84 Å². The quantitative estimate of drug-likeness (QED) is 0.263. The SMILES string of the molecule is O=C(On1c(O)ccc1O)C(=O)C(O)C(O)ON1C(=O)CCC1O. The molecule has 0 saturated carbocycles. The fourth-order valence-electron chi connectivity index (χ4n) is 1.82. The molecule has 0 spiro atoms. The van der Waals surface area contributed by atoms with Crippen LogP contribution >= 0.6 is 0 Å². The van der Waals surface area contributed by atoms with E-state index in [9.17, 15) is 39.9 Å². The molecule has 1 aliphatic heterocycles. The lowest BCUT2D eigenvalue weighted by atomic mass is 10.2. The van der Waals surface area contributed by atoms with Crippen LogP contribution in [0.5, 0.6) is 11.8 Å². The zero-order chi connectivity index (χ0) is 18.0. The topological polar surface area (TPSA) is 179 Å². The predicted molar refractivity (Wildman–Crippen MR) is 69.5 cm³/mol. The summed E-state index contributed by atoms with van der Waals surface area (Å²) in [5.41, 5.74) is 0. The molecule has 0 bridgehead atoms. The molecule has 1 aromatic heterocycles. The smallest absolute Gasteiger partial charge is 0.402 e. The summed E-state index contributed by atoms with van der Waals surface area (Å²) in [7, 11) is 0. The maximum absolute atomic E-state index is 11.7. The van der Waals surface area contributed by atoms with Gasteiger partial charge >= 0.3 is 5.97 Å². The van der Waals surface area contributed by atoms with Crippen LogP contribution in [0.15, 0.2) is 12.1 Å². The van der Waals surface area contributed by atoms with Crippen LogP contribution in [0.1, 0.15) is 12.8 Å². The highest BCUT2D eigenvalue weighted by Gasteiger charge is 2.38. The summed E-state index contributed by atoms with van der Waals surface area (Å²) in [6.07, 6.45) is -6.18. The van der Waals surface area contributed by atoms with Crippen LogP contribution in [0, 0.1) is 0 Å². The fraction of sp³-hybridized carbons (Fsp3) is 0.417. The molecule has 0 aromatic carbocycles. The predicted octanol–water partition coefficient (Wildman–Crippen LogP) is -3.02. The van der Waals surface area contributed by atoms with E-state index in [-0.39, 0.29) is 17.6 Å². The van der Waals surface area contributed by atoms with Gasteiger partial charge < -0.3 is 30.4 Å². The largest absolute Gasteiger partial charge is 0.492 e. The van der Waals surface area contributed by atoms with E-state index in [4.69, 9.17) is 0 Å². The van der Waals surface area contributed by atoms with E-state index in [1.807, 2.05) is 0 Å². The number of aromatic nitrogens is 1. The van der Waals surface area contributed by atoms with Crippen molar-refractivity contribution >= 4 is 17.7 Å². The first kappa shape index (κ1) is 17.7. The number of carbonyl (C=O) groups excluding carboxylic acids is 3. The molecule has 24 heavy (non-hydrogen) atoms. The third kappa shape index (κ3) is 3.46. The molecule has 2 heterocycles.